The normalized spacial score (nSPS) is 11.0. The molecule has 0 aliphatic carbocycles. The third-order valence-corrected chi connectivity index (χ3v) is 4.33. The van der Waals surface area contributed by atoms with Gasteiger partial charge in [0, 0.05) is 16.5 Å². The number of thiazole rings is 1. The van der Waals surface area contributed by atoms with Gasteiger partial charge in [0.05, 0.1) is 5.69 Å². The van der Waals surface area contributed by atoms with Gasteiger partial charge in [-0.3, -0.25) is 4.79 Å². The number of hydrogen-bond acceptors (Lipinski definition) is 5. The monoisotopic (exact) mass is 321 g/mol. The van der Waals surface area contributed by atoms with Gasteiger partial charge in [-0.05, 0) is 12.1 Å². The Morgan fingerprint density at radius 3 is 2.52 bits per heavy atom. The molecule has 0 saturated carbocycles. The quantitative estimate of drug-likeness (QED) is 0.616. The molecule has 2 aromatic carbocycles. The average Bonchev–Trinajstić information content (AvgIpc) is 2.98. The highest BCUT2D eigenvalue weighted by Crippen LogP contribution is 2.31. The standard InChI is InChI=1S/C17H11N3O2S/c21-14-9-5-4-8-12(14)13-10-23-17-18-16(22)15(19-20(13)17)11-6-2-1-3-7-11/h1-10,21H. The van der Waals surface area contributed by atoms with E-state index >= 15 is 0 Å². The summed E-state index contributed by atoms with van der Waals surface area (Å²) in [5, 5.41) is 16.4. The van der Waals surface area contributed by atoms with Crippen LogP contribution in [0.5, 0.6) is 5.75 Å². The molecule has 23 heavy (non-hydrogen) atoms. The fourth-order valence-corrected chi connectivity index (χ4v) is 3.23. The zero-order valence-electron chi connectivity index (χ0n) is 11.9. The second-order valence-electron chi connectivity index (χ2n) is 4.96. The number of phenols is 1. The average molecular weight is 321 g/mol. The van der Waals surface area contributed by atoms with E-state index in [2.05, 4.69) is 10.1 Å². The molecule has 0 saturated heterocycles. The second-order valence-corrected chi connectivity index (χ2v) is 5.80. The van der Waals surface area contributed by atoms with Crippen molar-refractivity contribution < 1.29 is 5.11 Å². The second kappa shape index (κ2) is 5.33. The van der Waals surface area contributed by atoms with E-state index in [-0.39, 0.29) is 17.0 Å². The summed E-state index contributed by atoms with van der Waals surface area (Å²) in [6.45, 7) is 0. The molecule has 0 fully saturated rings. The van der Waals surface area contributed by atoms with Gasteiger partial charge in [-0.1, -0.05) is 42.5 Å². The van der Waals surface area contributed by atoms with Crippen molar-refractivity contribution in [2.24, 2.45) is 0 Å². The maximum absolute atomic E-state index is 12.2. The zero-order valence-corrected chi connectivity index (χ0v) is 12.7. The smallest absolute Gasteiger partial charge is 0.300 e. The lowest BCUT2D eigenvalue weighted by Crippen LogP contribution is -2.14. The highest BCUT2D eigenvalue weighted by molar-refractivity contribution is 7.15. The lowest BCUT2D eigenvalue weighted by Gasteiger charge is -2.05. The van der Waals surface area contributed by atoms with Crippen molar-refractivity contribution in [1.29, 1.82) is 0 Å². The van der Waals surface area contributed by atoms with Crippen LogP contribution in [0.3, 0.4) is 0 Å². The number of para-hydroxylation sites is 1. The molecular formula is C17H11N3O2S. The summed E-state index contributed by atoms with van der Waals surface area (Å²) in [6.07, 6.45) is 0. The van der Waals surface area contributed by atoms with E-state index in [0.717, 1.165) is 0 Å². The van der Waals surface area contributed by atoms with Gasteiger partial charge < -0.3 is 5.11 Å². The molecule has 4 rings (SSSR count). The number of fused-ring (bicyclic) bond motifs is 1. The molecule has 1 N–H and O–H groups in total. The maximum atomic E-state index is 12.2. The summed E-state index contributed by atoms with van der Waals surface area (Å²) in [7, 11) is 0. The molecule has 0 atom stereocenters. The molecule has 6 heteroatoms. The first-order valence-corrected chi connectivity index (χ1v) is 7.84. The maximum Gasteiger partial charge on any atom is 0.300 e. The Morgan fingerprint density at radius 2 is 1.74 bits per heavy atom. The van der Waals surface area contributed by atoms with Crippen molar-refractivity contribution in [3.05, 3.63) is 70.3 Å². The first-order chi connectivity index (χ1) is 11.2. The number of benzene rings is 2. The van der Waals surface area contributed by atoms with Crippen LogP contribution in [-0.4, -0.2) is 19.7 Å². The Labute approximate surface area is 135 Å². The van der Waals surface area contributed by atoms with Crippen molar-refractivity contribution in [3.8, 4) is 28.3 Å². The Hall–Kier alpha value is -2.99. The zero-order chi connectivity index (χ0) is 15.8. The van der Waals surface area contributed by atoms with E-state index in [4.69, 9.17) is 0 Å². The lowest BCUT2D eigenvalue weighted by atomic mass is 10.1. The van der Waals surface area contributed by atoms with Crippen LogP contribution in [0.15, 0.2) is 64.8 Å². The van der Waals surface area contributed by atoms with Crippen molar-refractivity contribution in [2.75, 3.05) is 0 Å². The van der Waals surface area contributed by atoms with Gasteiger partial charge in [0.2, 0.25) is 4.96 Å². The van der Waals surface area contributed by atoms with Gasteiger partial charge in [-0.15, -0.1) is 11.3 Å². The highest BCUT2D eigenvalue weighted by atomic mass is 32.1. The van der Waals surface area contributed by atoms with Crippen LogP contribution in [-0.2, 0) is 0 Å². The van der Waals surface area contributed by atoms with Gasteiger partial charge >= 0.3 is 5.56 Å². The fourth-order valence-electron chi connectivity index (χ4n) is 2.41. The first kappa shape index (κ1) is 13.7. The Bertz CT molecular complexity index is 1050. The van der Waals surface area contributed by atoms with Crippen LogP contribution in [0, 0.1) is 0 Å². The SMILES string of the molecule is O=c1nc2scc(-c3ccccc3O)n2nc1-c1ccccc1. The van der Waals surface area contributed by atoms with Crippen molar-refractivity contribution in [3.63, 3.8) is 0 Å². The van der Waals surface area contributed by atoms with Crippen LogP contribution in [0.2, 0.25) is 0 Å². The van der Waals surface area contributed by atoms with Gasteiger partial charge in [-0.2, -0.15) is 10.1 Å². The highest BCUT2D eigenvalue weighted by Gasteiger charge is 2.14. The summed E-state index contributed by atoms with van der Waals surface area (Å²) in [6, 6.07) is 16.2. The molecule has 0 aliphatic heterocycles. The van der Waals surface area contributed by atoms with Crippen LogP contribution in [0.25, 0.3) is 27.5 Å². The Kier molecular flexibility index (Phi) is 3.17. The van der Waals surface area contributed by atoms with E-state index in [0.29, 0.717) is 21.8 Å². The molecule has 0 spiro atoms. The number of aromatic hydroxyl groups is 1. The fraction of sp³-hybridized carbons (Fsp3) is 0. The van der Waals surface area contributed by atoms with Gasteiger partial charge in [0.1, 0.15) is 5.75 Å². The molecule has 0 amide bonds. The number of phenolic OH excluding ortho intramolecular Hbond substituents is 1. The number of aromatic nitrogens is 3. The minimum absolute atomic E-state index is 0.161. The summed E-state index contributed by atoms with van der Waals surface area (Å²) < 4.78 is 1.60. The van der Waals surface area contributed by atoms with E-state index in [1.807, 2.05) is 41.8 Å². The Balaban J connectivity index is 1.99. The Morgan fingerprint density at radius 1 is 1.00 bits per heavy atom. The largest absolute Gasteiger partial charge is 0.507 e. The summed E-state index contributed by atoms with van der Waals surface area (Å²) >= 11 is 1.31. The lowest BCUT2D eigenvalue weighted by molar-refractivity contribution is 0.477. The predicted octanol–water partition coefficient (Wildman–Crippen LogP) is 3.19. The molecule has 5 nitrogen and oxygen atoms in total. The third kappa shape index (κ3) is 2.29. The van der Waals surface area contributed by atoms with Gasteiger partial charge in [-0.25, -0.2) is 4.52 Å². The molecule has 2 heterocycles. The summed E-state index contributed by atoms with van der Waals surface area (Å²) in [5.74, 6) is 0.161. The van der Waals surface area contributed by atoms with Gasteiger partial charge in [0.25, 0.3) is 0 Å². The minimum atomic E-state index is -0.359. The van der Waals surface area contributed by atoms with Crippen molar-refractivity contribution in [2.45, 2.75) is 0 Å². The molecule has 0 unspecified atom stereocenters. The number of rotatable bonds is 2. The third-order valence-electron chi connectivity index (χ3n) is 3.51. The summed E-state index contributed by atoms with van der Waals surface area (Å²) in [4.78, 5) is 16.8. The molecular weight excluding hydrogens is 310 g/mol. The molecule has 2 aromatic heterocycles. The van der Waals surface area contributed by atoms with Gasteiger partial charge in [0.15, 0.2) is 5.69 Å². The van der Waals surface area contributed by atoms with Crippen LogP contribution in [0.1, 0.15) is 0 Å². The predicted molar refractivity (Wildman–Crippen MR) is 89.7 cm³/mol. The minimum Gasteiger partial charge on any atom is -0.507 e. The molecule has 4 aromatic rings. The van der Waals surface area contributed by atoms with Crippen LogP contribution >= 0.6 is 11.3 Å². The van der Waals surface area contributed by atoms with E-state index in [9.17, 15) is 9.90 Å². The van der Waals surface area contributed by atoms with Crippen molar-refractivity contribution in [1.82, 2.24) is 14.6 Å². The molecule has 0 radical (unpaired) electrons. The van der Waals surface area contributed by atoms with Crippen molar-refractivity contribution >= 4 is 16.3 Å². The van der Waals surface area contributed by atoms with Crippen LogP contribution < -0.4 is 5.56 Å². The number of hydrogen-bond donors (Lipinski definition) is 1. The van der Waals surface area contributed by atoms with E-state index in [1.54, 1.807) is 22.7 Å². The van der Waals surface area contributed by atoms with Crippen LogP contribution in [0.4, 0.5) is 0 Å². The topological polar surface area (TPSA) is 67.5 Å². The molecule has 0 aliphatic rings. The number of nitrogens with zero attached hydrogens (tertiary/aromatic N) is 3. The van der Waals surface area contributed by atoms with E-state index < -0.39 is 0 Å². The van der Waals surface area contributed by atoms with E-state index in [1.165, 1.54) is 11.3 Å². The molecule has 112 valence electrons. The molecule has 0 bridgehead atoms. The summed E-state index contributed by atoms with van der Waals surface area (Å²) in [5.41, 5.74) is 2.00. The first-order valence-electron chi connectivity index (χ1n) is 6.96.